The summed E-state index contributed by atoms with van der Waals surface area (Å²) in [6.45, 7) is 0. The first-order valence-corrected chi connectivity index (χ1v) is 21.7. The van der Waals surface area contributed by atoms with Crippen LogP contribution in [0.1, 0.15) is 43.2 Å². The molecule has 62 heavy (non-hydrogen) atoms. The molecule has 4 nitrogen and oxygen atoms in total. The molecule has 296 valence electrons. The molecule has 1 fully saturated rings. The van der Waals surface area contributed by atoms with Gasteiger partial charge in [0.1, 0.15) is 0 Å². The third kappa shape index (κ3) is 7.24. The largest absolute Gasteiger partial charge is 0.228 e. The van der Waals surface area contributed by atoms with E-state index in [9.17, 15) is 0 Å². The van der Waals surface area contributed by atoms with E-state index in [4.69, 9.17) is 19.9 Å². The Bertz CT molecular complexity index is 2980. The number of hydrogen-bond acceptors (Lipinski definition) is 4. The van der Waals surface area contributed by atoms with Gasteiger partial charge in [-0.25, -0.2) is 19.9 Å². The van der Waals surface area contributed by atoms with Crippen LogP contribution in [0.25, 0.3) is 89.4 Å². The molecule has 2 heterocycles. The Morgan fingerprint density at radius 2 is 0.629 bits per heavy atom. The lowest BCUT2D eigenvalue weighted by Gasteiger charge is -2.39. The highest BCUT2D eigenvalue weighted by molar-refractivity contribution is 5.88. The van der Waals surface area contributed by atoms with Crippen LogP contribution in [-0.2, 0) is 5.41 Å². The predicted molar refractivity (Wildman–Crippen MR) is 256 cm³/mol. The summed E-state index contributed by atoms with van der Waals surface area (Å²) in [7, 11) is 0. The fourth-order valence-electron chi connectivity index (χ4n) is 9.44. The Kier molecular flexibility index (Phi) is 9.74. The highest BCUT2D eigenvalue weighted by Gasteiger charge is 2.36. The van der Waals surface area contributed by atoms with Crippen molar-refractivity contribution in [2.45, 2.75) is 37.5 Å². The smallest absolute Gasteiger partial charge is 0.160 e. The van der Waals surface area contributed by atoms with Crippen LogP contribution in [-0.4, -0.2) is 19.9 Å². The summed E-state index contributed by atoms with van der Waals surface area (Å²) in [4.78, 5) is 20.7. The fraction of sp³-hybridized carbons (Fsp3) is 0.103. The molecule has 4 heteroatoms. The zero-order valence-electron chi connectivity index (χ0n) is 34.5. The lowest BCUT2D eigenvalue weighted by molar-refractivity contribution is 0.346. The van der Waals surface area contributed by atoms with Crippen molar-refractivity contribution in [3.8, 4) is 67.8 Å². The van der Waals surface area contributed by atoms with Crippen LogP contribution in [0.5, 0.6) is 0 Å². The van der Waals surface area contributed by atoms with Crippen molar-refractivity contribution in [1.82, 2.24) is 19.9 Å². The highest BCUT2D eigenvalue weighted by Crippen LogP contribution is 2.46. The summed E-state index contributed by atoms with van der Waals surface area (Å²) in [5, 5.41) is 4.82. The van der Waals surface area contributed by atoms with Gasteiger partial charge in [0.05, 0.1) is 22.8 Å². The first kappa shape index (κ1) is 37.4. The molecule has 0 bridgehead atoms. The van der Waals surface area contributed by atoms with Crippen molar-refractivity contribution in [2.75, 3.05) is 0 Å². The molecule has 1 aliphatic carbocycles. The van der Waals surface area contributed by atoms with Gasteiger partial charge in [0, 0.05) is 38.8 Å². The maximum atomic E-state index is 5.20. The van der Waals surface area contributed by atoms with Crippen LogP contribution < -0.4 is 0 Å². The minimum absolute atomic E-state index is 0.0959. The lowest BCUT2D eigenvalue weighted by atomic mass is 9.65. The monoisotopic (exact) mass is 796 g/mol. The van der Waals surface area contributed by atoms with E-state index in [0.29, 0.717) is 0 Å². The van der Waals surface area contributed by atoms with Crippen molar-refractivity contribution in [3.63, 3.8) is 0 Å². The molecule has 1 saturated carbocycles. The SMILES string of the molecule is c1ccc(-c2cc(-c3ccc4ccccc4c3)nc(-c3ccc(C4(c5ccc(-c6nc(-c7ccccc7)cc(-c7ccc8ccccc8c7)n6)cc5)CCCCC4)cc3)n2)cc1. The quantitative estimate of drug-likeness (QED) is 0.154. The van der Waals surface area contributed by atoms with E-state index in [0.717, 1.165) is 80.6 Å². The van der Waals surface area contributed by atoms with Gasteiger partial charge in [-0.15, -0.1) is 0 Å². The van der Waals surface area contributed by atoms with Crippen molar-refractivity contribution in [3.05, 3.63) is 217 Å². The van der Waals surface area contributed by atoms with Gasteiger partial charge in [0.2, 0.25) is 0 Å². The summed E-state index contributed by atoms with van der Waals surface area (Å²) < 4.78 is 0. The van der Waals surface area contributed by atoms with E-state index in [1.807, 2.05) is 12.1 Å². The summed E-state index contributed by atoms with van der Waals surface area (Å²) in [5.74, 6) is 1.45. The minimum Gasteiger partial charge on any atom is -0.228 e. The molecule has 0 atom stereocenters. The Labute approximate surface area is 362 Å². The second-order valence-corrected chi connectivity index (χ2v) is 16.6. The molecule has 1 aliphatic rings. The second kappa shape index (κ2) is 16.1. The average molecular weight is 797 g/mol. The van der Waals surface area contributed by atoms with E-state index in [1.54, 1.807) is 0 Å². The molecular formula is C58H44N4. The van der Waals surface area contributed by atoms with Crippen molar-refractivity contribution in [1.29, 1.82) is 0 Å². The third-order valence-electron chi connectivity index (χ3n) is 12.8. The molecule has 0 N–H and O–H groups in total. The van der Waals surface area contributed by atoms with Crippen molar-refractivity contribution in [2.24, 2.45) is 0 Å². The Morgan fingerprint density at radius 1 is 0.274 bits per heavy atom. The molecule has 10 aromatic rings. The number of hydrogen-bond donors (Lipinski definition) is 0. The van der Waals surface area contributed by atoms with Crippen LogP contribution in [0.4, 0.5) is 0 Å². The molecule has 0 aliphatic heterocycles. The predicted octanol–water partition coefficient (Wildman–Crippen LogP) is 14.8. The van der Waals surface area contributed by atoms with Gasteiger partial charge in [0.25, 0.3) is 0 Å². The number of nitrogens with zero attached hydrogens (tertiary/aromatic N) is 4. The minimum atomic E-state index is -0.0959. The van der Waals surface area contributed by atoms with Gasteiger partial charge in [-0.1, -0.05) is 201 Å². The van der Waals surface area contributed by atoms with E-state index >= 15 is 0 Å². The maximum absolute atomic E-state index is 5.20. The van der Waals surface area contributed by atoms with E-state index in [1.165, 1.54) is 51.9 Å². The van der Waals surface area contributed by atoms with Crippen LogP contribution in [0.2, 0.25) is 0 Å². The standard InChI is InChI=1S/C58H44N4/c1-4-16-42(17-5-1)52-38-54(48-24-22-40-14-8-10-20-46(40)36-48)61-56(59-52)44-26-30-50(31-27-44)58(34-12-3-13-35-58)51-32-28-45(29-33-51)57-60-53(43-18-6-2-7-19-43)39-55(62-57)49-25-23-41-15-9-11-21-47(41)37-49/h1-2,4-11,14-33,36-39H,3,12-13,34-35H2. The molecule has 8 aromatic carbocycles. The van der Waals surface area contributed by atoms with Gasteiger partial charge in [-0.3, -0.25) is 0 Å². The molecule has 2 aromatic heterocycles. The van der Waals surface area contributed by atoms with E-state index in [-0.39, 0.29) is 5.41 Å². The molecule has 0 amide bonds. The van der Waals surface area contributed by atoms with Gasteiger partial charge in [-0.2, -0.15) is 0 Å². The van der Waals surface area contributed by atoms with Crippen molar-refractivity contribution < 1.29 is 0 Å². The highest BCUT2D eigenvalue weighted by atomic mass is 14.9. The molecule has 0 unspecified atom stereocenters. The Morgan fingerprint density at radius 3 is 1.05 bits per heavy atom. The third-order valence-corrected chi connectivity index (χ3v) is 12.8. The van der Waals surface area contributed by atoms with Crippen LogP contribution in [0, 0.1) is 0 Å². The molecule has 0 saturated heterocycles. The van der Waals surface area contributed by atoms with Crippen LogP contribution >= 0.6 is 0 Å². The number of aromatic nitrogens is 4. The molecule has 11 rings (SSSR count). The molecule has 0 spiro atoms. The van der Waals surface area contributed by atoms with Gasteiger partial charge in [0.15, 0.2) is 11.6 Å². The molecular weight excluding hydrogens is 753 g/mol. The van der Waals surface area contributed by atoms with Crippen molar-refractivity contribution >= 4 is 21.5 Å². The summed E-state index contributed by atoms with van der Waals surface area (Å²) >= 11 is 0. The summed E-state index contributed by atoms with van der Waals surface area (Å²) in [5.41, 5.74) is 12.5. The van der Waals surface area contributed by atoms with E-state index in [2.05, 4.69) is 194 Å². The average Bonchev–Trinajstić information content (AvgIpc) is 3.36. The van der Waals surface area contributed by atoms with Gasteiger partial charge >= 0.3 is 0 Å². The zero-order chi connectivity index (χ0) is 41.3. The maximum Gasteiger partial charge on any atom is 0.160 e. The lowest BCUT2D eigenvalue weighted by Crippen LogP contribution is -2.30. The number of rotatable bonds is 8. The van der Waals surface area contributed by atoms with Gasteiger partial charge in [-0.05, 0) is 69.8 Å². The van der Waals surface area contributed by atoms with Crippen LogP contribution in [0.15, 0.2) is 206 Å². The van der Waals surface area contributed by atoms with E-state index < -0.39 is 0 Å². The van der Waals surface area contributed by atoms with Crippen LogP contribution in [0.3, 0.4) is 0 Å². The molecule has 0 radical (unpaired) electrons. The topological polar surface area (TPSA) is 51.6 Å². The first-order chi connectivity index (χ1) is 30.6. The Hall–Kier alpha value is -7.56. The second-order valence-electron chi connectivity index (χ2n) is 16.6. The van der Waals surface area contributed by atoms with Gasteiger partial charge < -0.3 is 0 Å². The number of benzene rings is 8. The normalized spacial score (nSPS) is 13.6. The Balaban J connectivity index is 0.949. The fourth-order valence-corrected chi connectivity index (χ4v) is 9.44. The first-order valence-electron chi connectivity index (χ1n) is 21.7. The summed E-state index contributed by atoms with van der Waals surface area (Å²) in [6.07, 6.45) is 5.84. The summed E-state index contributed by atoms with van der Waals surface area (Å²) in [6, 6.07) is 73.4. The zero-order valence-corrected chi connectivity index (χ0v) is 34.5. The number of fused-ring (bicyclic) bond motifs is 2.